The highest BCUT2D eigenvalue weighted by Gasteiger charge is 2.11. The van der Waals surface area contributed by atoms with Gasteiger partial charge < -0.3 is 5.32 Å². The molecule has 1 amide bonds. The van der Waals surface area contributed by atoms with Crippen LogP contribution in [0.1, 0.15) is 21.5 Å². The summed E-state index contributed by atoms with van der Waals surface area (Å²) in [6.45, 7) is 3.77. The monoisotopic (exact) mass is 318 g/mol. The van der Waals surface area contributed by atoms with Gasteiger partial charge in [0, 0.05) is 16.3 Å². The minimum absolute atomic E-state index is 0.231. The number of anilines is 1. The van der Waals surface area contributed by atoms with Gasteiger partial charge in [-0.1, -0.05) is 35.9 Å². The Hall–Kier alpha value is -1.91. The molecule has 0 unspecified atom stereocenters. The van der Waals surface area contributed by atoms with E-state index >= 15 is 0 Å². The van der Waals surface area contributed by atoms with E-state index in [0.29, 0.717) is 10.6 Å². The standard InChI is InChI=1S/C16H15ClN2OS/c1-10-6-3-4-7-12(10)15(20)19-16(21)18-14-9-5-8-13(17)11(14)2/h3-9H,1-2H3,(H2,18,19,20,21). The van der Waals surface area contributed by atoms with Crippen LogP contribution in [0, 0.1) is 13.8 Å². The first-order chi connectivity index (χ1) is 9.99. The van der Waals surface area contributed by atoms with E-state index in [0.717, 1.165) is 16.8 Å². The summed E-state index contributed by atoms with van der Waals surface area (Å²) in [6, 6.07) is 12.8. The van der Waals surface area contributed by atoms with Gasteiger partial charge >= 0.3 is 0 Å². The second-order valence-electron chi connectivity index (χ2n) is 4.64. The third-order valence-corrected chi connectivity index (χ3v) is 3.75. The molecular formula is C16H15ClN2OS. The van der Waals surface area contributed by atoms with E-state index in [1.165, 1.54) is 0 Å². The van der Waals surface area contributed by atoms with Crippen molar-refractivity contribution in [3.05, 3.63) is 64.2 Å². The molecule has 0 spiro atoms. The van der Waals surface area contributed by atoms with Crippen LogP contribution in [0.25, 0.3) is 0 Å². The number of halogens is 1. The summed E-state index contributed by atoms with van der Waals surface area (Å²) in [4.78, 5) is 12.2. The normalized spacial score (nSPS) is 10.0. The molecule has 0 saturated heterocycles. The number of hydrogen-bond donors (Lipinski definition) is 2. The Balaban J connectivity index is 2.07. The molecule has 2 aromatic rings. The van der Waals surface area contributed by atoms with Crippen molar-refractivity contribution in [3.63, 3.8) is 0 Å². The van der Waals surface area contributed by atoms with Gasteiger partial charge in [0.05, 0.1) is 0 Å². The summed E-state index contributed by atoms with van der Waals surface area (Å²) >= 11 is 11.2. The molecule has 5 heteroatoms. The van der Waals surface area contributed by atoms with Crippen LogP contribution in [0.2, 0.25) is 5.02 Å². The van der Waals surface area contributed by atoms with Crippen LogP contribution in [-0.2, 0) is 0 Å². The van der Waals surface area contributed by atoms with E-state index in [1.54, 1.807) is 12.1 Å². The van der Waals surface area contributed by atoms with E-state index in [9.17, 15) is 4.79 Å². The van der Waals surface area contributed by atoms with Crippen LogP contribution < -0.4 is 10.6 Å². The van der Waals surface area contributed by atoms with Gasteiger partial charge in [0.1, 0.15) is 0 Å². The van der Waals surface area contributed by atoms with Crippen molar-refractivity contribution >= 4 is 40.5 Å². The average molecular weight is 319 g/mol. The zero-order valence-electron chi connectivity index (χ0n) is 11.7. The number of rotatable bonds is 2. The maximum absolute atomic E-state index is 12.2. The zero-order valence-corrected chi connectivity index (χ0v) is 13.3. The molecule has 0 aliphatic rings. The van der Waals surface area contributed by atoms with Gasteiger partial charge in [-0.05, 0) is 55.4 Å². The molecule has 0 aromatic heterocycles. The van der Waals surface area contributed by atoms with Gasteiger partial charge in [-0.25, -0.2) is 0 Å². The summed E-state index contributed by atoms with van der Waals surface area (Å²) in [5, 5.41) is 6.55. The van der Waals surface area contributed by atoms with Crippen LogP contribution >= 0.6 is 23.8 Å². The lowest BCUT2D eigenvalue weighted by Crippen LogP contribution is -2.34. The number of benzene rings is 2. The molecule has 0 saturated carbocycles. The second kappa shape index (κ2) is 6.70. The predicted octanol–water partition coefficient (Wildman–Crippen LogP) is 4.08. The van der Waals surface area contributed by atoms with Crippen molar-refractivity contribution in [2.24, 2.45) is 0 Å². The number of amides is 1. The Morgan fingerprint density at radius 2 is 1.81 bits per heavy atom. The summed E-state index contributed by atoms with van der Waals surface area (Å²) < 4.78 is 0. The molecule has 3 nitrogen and oxygen atoms in total. The number of carbonyl (C=O) groups excluding carboxylic acids is 1. The quantitative estimate of drug-likeness (QED) is 0.820. The molecule has 2 rings (SSSR count). The average Bonchev–Trinajstić information content (AvgIpc) is 2.44. The highest BCUT2D eigenvalue weighted by Crippen LogP contribution is 2.22. The summed E-state index contributed by atoms with van der Waals surface area (Å²) in [5.41, 5.74) is 3.16. The predicted molar refractivity (Wildman–Crippen MR) is 91.1 cm³/mol. The lowest BCUT2D eigenvalue weighted by atomic mass is 10.1. The SMILES string of the molecule is Cc1ccccc1C(=O)NC(=S)Nc1cccc(Cl)c1C. The van der Waals surface area contributed by atoms with Crippen LogP contribution in [-0.4, -0.2) is 11.0 Å². The van der Waals surface area contributed by atoms with Crippen LogP contribution in [0.3, 0.4) is 0 Å². The molecule has 21 heavy (non-hydrogen) atoms. The summed E-state index contributed by atoms with van der Waals surface area (Å²) in [5.74, 6) is -0.231. The highest BCUT2D eigenvalue weighted by atomic mass is 35.5. The van der Waals surface area contributed by atoms with E-state index in [1.807, 2.05) is 44.2 Å². The Bertz CT molecular complexity index is 700. The molecule has 0 bridgehead atoms. The smallest absolute Gasteiger partial charge is 0.257 e. The number of carbonyl (C=O) groups is 1. The maximum Gasteiger partial charge on any atom is 0.257 e. The zero-order chi connectivity index (χ0) is 15.4. The van der Waals surface area contributed by atoms with Crippen molar-refractivity contribution in [3.8, 4) is 0 Å². The van der Waals surface area contributed by atoms with E-state index in [2.05, 4.69) is 10.6 Å². The minimum Gasteiger partial charge on any atom is -0.332 e. The molecule has 0 aliphatic heterocycles. The van der Waals surface area contributed by atoms with Crippen LogP contribution in [0.4, 0.5) is 5.69 Å². The van der Waals surface area contributed by atoms with Gasteiger partial charge in [0.15, 0.2) is 5.11 Å². The van der Waals surface area contributed by atoms with Gasteiger partial charge in [0.25, 0.3) is 5.91 Å². The number of nitrogens with one attached hydrogen (secondary N) is 2. The van der Waals surface area contributed by atoms with Crippen molar-refractivity contribution < 1.29 is 4.79 Å². The molecule has 0 atom stereocenters. The number of aryl methyl sites for hydroxylation is 1. The highest BCUT2D eigenvalue weighted by molar-refractivity contribution is 7.80. The van der Waals surface area contributed by atoms with E-state index in [4.69, 9.17) is 23.8 Å². The van der Waals surface area contributed by atoms with Crippen molar-refractivity contribution in [1.29, 1.82) is 0 Å². The Labute approximate surface area is 134 Å². The molecule has 108 valence electrons. The van der Waals surface area contributed by atoms with Crippen LogP contribution in [0.15, 0.2) is 42.5 Å². The molecule has 0 heterocycles. The fraction of sp³-hybridized carbons (Fsp3) is 0.125. The number of thiocarbonyl (C=S) groups is 1. The maximum atomic E-state index is 12.2. The fourth-order valence-corrected chi connectivity index (χ4v) is 2.27. The Morgan fingerprint density at radius 3 is 2.52 bits per heavy atom. The van der Waals surface area contributed by atoms with Crippen molar-refractivity contribution in [1.82, 2.24) is 5.32 Å². The van der Waals surface area contributed by atoms with Gasteiger partial charge in [-0.3, -0.25) is 10.1 Å². The Morgan fingerprint density at radius 1 is 1.10 bits per heavy atom. The first-order valence-electron chi connectivity index (χ1n) is 6.42. The van der Waals surface area contributed by atoms with Crippen molar-refractivity contribution in [2.75, 3.05) is 5.32 Å². The third-order valence-electron chi connectivity index (χ3n) is 3.13. The largest absolute Gasteiger partial charge is 0.332 e. The van der Waals surface area contributed by atoms with Gasteiger partial charge in [-0.2, -0.15) is 0 Å². The molecule has 2 aromatic carbocycles. The fourth-order valence-electron chi connectivity index (χ4n) is 1.89. The topological polar surface area (TPSA) is 41.1 Å². The molecule has 0 radical (unpaired) electrons. The first-order valence-corrected chi connectivity index (χ1v) is 7.20. The lowest BCUT2D eigenvalue weighted by molar-refractivity contribution is 0.0977. The second-order valence-corrected chi connectivity index (χ2v) is 5.45. The van der Waals surface area contributed by atoms with E-state index in [-0.39, 0.29) is 11.0 Å². The van der Waals surface area contributed by atoms with Gasteiger partial charge in [-0.15, -0.1) is 0 Å². The van der Waals surface area contributed by atoms with Crippen molar-refractivity contribution in [2.45, 2.75) is 13.8 Å². The van der Waals surface area contributed by atoms with Gasteiger partial charge in [0.2, 0.25) is 0 Å². The Kier molecular flexibility index (Phi) is 4.94. The molecular weight excluding hydrogens is 304 g/mol. The first kappa shape index (κ1) is 15.5. The summed E-state index contributed by atoms with van der Waals surface area (Å²) in [6.07, 6.45) is 0. The summed E-state index contributed by atoms with van der Waals surface area (Å²) in [7, 11) is 0. The number of hydrogen-bond acceptors (Lipinski definition) is 2. The van der Waals surface area contributed by atoms with Crippen LogP contribution in [0.5, 0.6) is 0 Å². The molecule has 0 fully saturated rings. The lowest BCUT2D eigenvalue weighted by Gasteiger charge is -2.13. The van der Waals surface area contributed by atoms with E-state index < -0.39 is 0 Å². The third kappa shape index (κ3) is 3.80. The minimum atomic E-state index is -0.231. The molecule has 0 aliphatic carbocycles. The molecule has 2 N–H and O–H groups in total.